The Hall–Kier alpha value is -2.16. The van der Waals surface area contributed by atoms with Crippen molar-refractivity contribution >= 4 is 5.71 Å². The van der Waals surface area contributed by atoms with Gasteiger partial charge in [-0.3, -0.25) is 9.98 Å². The third kappa shape index (κ3) is 2.81. The average molecular weight is 252 g/mol. The number of aromatic nitrogens is 1. The Kier molecular flexibility index (Phi) is 3.54. The van der Waals surface area contributed by atoms with Crippen LogP contribution in [0.3, 0.4) is 0 Å². The van der Waals surface area contributed by atoms with Crippen molar-refractivity contribution in [1.82, 2.24) is 4.98 Å². The van der Waals surface area contributed by atoms with Gasteiger partial charge in [0.2, 0.25) is 0 Å². The summed E-state index contributed by atoms with van der Waals surface area (Å²) < 4.78 is 5.37. The maximum absolute atomic E-state index is 5.37. The summed E-state index contributed by atoms with van der Waals surface area (Å²) in [4.78, 5) is 8.84. The van der Waals surface area contributed by atoms with Crippen LogP contribution >= 0.6 is 0 Å². The predicted molar refractivity (Wildman–Crippen MR) is 75.4 cm³/mol. The van der Waals surface area contributed by atoms with Gasteiger partial charge in [0, 0.05) is 30.9 Å². The van der Waals surface area contributed by atoms with Gasteiger partial charge in [-0.25, -0.2) is 0 Å². The number of allylic oxidation sites excluding steroid dienone is 2. The highest BCUT2D eigenvalue weighted by Crippen LogP contribution is 2.20. The summed E-state index contributed by atoms with van der Waals surface area (Å²) in [6.45, 7) is 0.905. The Morgan fingerprint density at radius 1 is 1.26 bits per heavy atom. The lowest BCUT2D eigenvalue weighted by atomic mass is 9.96. The molecule has 3 heteroatoms. The molecular weight excluding hydrogens is 236 g/mol. The number of hydrogen-bond donors (Lipinski definition) is 0. The largest absolute Gasteiger partial charge is 0.469 e. The van der Waals surface area contributed by atoms with Gasteiger partial charge in [0.05, 0.1) is 12.0 Å². The molecule has 0 unspecified atom stereocenters. The first-order valence-corrected chi connectivity index (χ1v) is 6.60. The standard InChI is InChI=1S/C16H16N2O/c1-5-14(12-17-9-1)16-13(4-2-10-18-16)7-8-15-6-3-11-19-15/h1,3,5-7,9,11-12H,2,4,8,10H2/b13-7+. The first-order valence-electron chi connectivity index (χ1n) is 6.60. The number of pyridine rings is 1. The molecule has 0 saturated heterocycles. The van der Waals surface area contributed by atoms with Crippen LogP contribution in [0.25, 0.3) is 0 Å². The number of furan rings is 1. The normalized spacial score (nSPS) is 17.5. The third-order valence-corrected chi connectivity index (χ3v) is 3.24. The molecule has 1 aliphatic rings. The van der Waals surface area contributed by atoms with Crippen molar-refractivity contribution in [1.29, 1.82) is 0 Å². The van der Waals surface area contributed by atoms with Crippen molar-refractivity contribution in [3.63, 3.8) is 0 Å². The molecule has 0 spiro atoms. The quantitative estimate of drug-likeness (QED) is 0.839. The van der Waals surface area contributed by atoms with Crippen LogP contribution in [-0.2, 0) is 6.42 Å². The van der Waals surface area contributed by atoms with Gasteiger partial charge in [0.15, 0.2) is 0 Å². The molecule has 3 rings (SSSR count). The zero-order valence-electron chi connectivity index (χ0n) is 10.7. The van der Waals surface area contributed by atoms with Gasteiger partial charge >= 0.3 is 0 Å². The molecule has 1 aliphatic heterocycles. The molecule has 96 valence electrons. The highest BCUT2D eigenvalue weighted by molar-refractivity contribution is 6.12. The second-order valence-electron chi connectivity index (χ2n) is 4.59. The van der Waals surface area contributed by atoms with Crippen molar-refractivity contribution in [2.75, 3.05) is 6.54 Å². The van der Waals surface area contributed by atoms with Crippen LogP contribution in [0.4, 0.5) is 0 Å². The fourth-order valence-electron chi connectivity index (χ4n) is 2.31. The van der Waals surface area contributed by atoms with Crippen molar-refractivity contribution < 1.29 is 4.42 Å². The fourth-order valence-corrected chi connectivity index (χ4v) is 2.31. The lowest BCUT2D eigenvalue weighted by molar-refractivity contribution is 0.522. The van der Waals surface area contributed by atoms with Crippen LogP contribution < -0.4 is 0 Å². The topological polar surface area (TPSA) is 38.4 Å². The minimum Gasteiger partial charge on any atom is -0.469 e. The molecular formula is C16H16N2O. The van der Waals surface area contributed by atoms with Crippen molar-refractivity contribution in [2.24, 2.45) is 4.99 Å². The molecule has 2 aromatic rings. The zero-order chi connectivity index (χ0) is 12.9. The Labute approximate surface area is 112 Å². The highest BCUT2D eigenvalue weighted by atomic mass is 16.3. The van der Waals surface area contributed by atoms with Crippen LogP contribution in [0.5, 0.6) is 0 Å². The predicted octanol–water partition coefficient (Wildman–Crippen LogP) is 3.43. The van der Waals surface area contributed by atoms with Crippen LogP contribution in [-0.4, -0.2) is 17.2 Å². The minimum atomic E-state index is 0.821. The van der Waals surface area contributed by atoms with E-state index in [9.17, 15) is 0 Å². The number of hydrogen-bond acceptors (Lipinski definition) is 3. The summed E-state index contributed by atoms with van der Waals surface area (Å²) in [6.07, 6.45) is 10.6. The maximum Gasteiger partial charge on any atom is 0.107 e. The van der Waals surface area contributed by atoms with E-state index in [-0.39, 0.29) is 0 Å². The number of rotatable bonds is 3. The SMILES string of the molecule is C(/Cc1ccco1)=C1/CCCN=C1c1cccnc1. The van der Waals surface area contributed by atoms with E-state index in [4.69, 9.17) is 4.42 Å². The van der Waals surface area contributed by atoms with Gasteiger partial charge in [0.1, 0.15) is 5.76 Å². The van der Waals surface area contributed by atoms with Crippen LogP contribution in [0.15, 0.2) is 64.0 Å². The molecule has 0 aromatic carbocycles. The van der Waals surface area contributed by atoms with Crippen molar-refractivity contribution in [2.45, 2.75) is 19.3 Å². The summed E-state index contributed by atoms with van der Waals surface area (Å²) in [5.74, 6) is 0.989. The van der Waals surface area contributed by atoms with Gasteiger partial charge in [-0.15, -0.1) is 0 Å². The van der Waals surface area contributed by atoms with E-state index in [1.54, 1.807) is 12.5 Å². The zero-order valence-corrected chi connectivity index (χ0v) is 10.7. The first kappa shape index (κ1) is 11.9. The number of aliphatic imine (C=N–C) groups is 1. The molecule has 3 heterocycles. The molecule has 0 saturated carbocycles. The van der Waals surface area contributed by atoms with Crippen molar-refractivity contribution in [3.8, 4) is 0 Å². The second-order valence-corrected chi connectivity index (χ2v) is 4.59. The molecule has 0 fully saturated rings. The van der Waals surface area contributed by atoms with E-state index in [0.717, 1.165) is 42.8 Å². The molecule has 19 heavy (non-hydrogen) atoms. The Balaban J connectivity index is 1.85. The molecule has 0 amide bonds. The maximum atomic E-state index is 5.37. The van der Waals surface area contributed by atoms with E-state index in [1.165, 1.54) is 5.57 Å². The van der Waals surface area contributed by atoms with Gasteiger partial charge < -0.3 is 4.42 Å². The monoisotopic (exact) mass is 252 g/mol. The van der Waals surface area contributed by atoms with Gasteiger partial charge in [-0.2, -0.15) is 0 Å². The van der Waals surface area contributed by atoms with Crippen LogP contribution in [0.2, 0.25) is 0 Å². The van der Waals surface area contributed by atoms with Gasteiger partial charge in [-0.1, -0.05) is 6.08 Å². The summed E-state index contributed by atoms with van der Waals surface area (Å²) in [5.41, 5.74) is 3.49. The van der Waals surface area contributed by atoms with Gasteiger partial charge in [-0.05, 0) is 42.7 Å². The molecule has 2 aromatic heterocycles. The average Bonchev–Trinajstić information content (AvgIpc) is 3.00. The Bertz CT molecular complexity index is 582. The summed E-state index contributed by atoms with van der Waals surface area (Å²) >= 11 is 0. The lowest BCUT2D eigenvalue weighted by Crippen LogP contribution is -2.12. The first-order chi connectivity index (χ1) is 9.43. The Morgan fingerprint density at radius 2 is 2.26 bits per heavy atom. The van der Waals surface area contributed by atoms with Crippen LogP contribution in [0, 0.1) is 0 Å². The molecule has 0 radical (unpaired) electrons. The van der Waals surface area contributed by atoms with E-state index < -0.39 is 0 Å². The summed E-state index contributed by atoms with van der Waals surface area (Å²) in [5, 5.41) is 0. The molecule has 3 nitrogen and oxygen atoms in total. The molecule has 0 aliphatic carbocycles. The Morgan fingerprint density at radius 3 is 3.05 bits per heavy atom. The fraction of sp³-hybridized carbons (Fsp3) is 0.250. The summed E-state index contributed by atoms with van der Waals surface area (Å²) in [6, 6.07) is 7.94. The molecule has 0 bridgehead atoms. The highest BCUT2D eigenvalue weighted by Gasteiger charge is 2.13. The molecule has 0 N–H and O–H groups in total. The lowest BCUT2D eigenvalue weighted by Gasteiger charge is -2.16. The number of nitrogens with zero attached hydrogens (tertiary/aromatic N) is 2. The van der Waals surface area contributed by atoms with Gasteiger partial charge in [0.25, 0.3) is 0 Å². The van der Waals surface area contributed by atoms with E-state index in [0.29, 0.717) is 0 Å². The smallest absolute Gasteiger partial charge is 0.107 e. The summed E-state index contributed by atoms with van der Waals surface area (Å²) in [7, 11) is 0. The second kappa shape index (κ2) is 5.65. The minimum absolute atomic E-state index is 0.821. The van der Waals surface area contributed by atoms with Crippen LogP contribution in [0.1, 0.15) is 24.2 Å². The molecule has 0 atom stereocenters. The van der Waals surface area contributed by atoms with Crippen molar-refractivity contribution in [3.05, 3.63) is 65.9 Å². The third-order valence-electron chi connectivity index (χ3n) is 3.24. The van der Waals surface area contributed by atoms with E-state index in [1.807, 2.05) is 24.4 Å². The van der Waals surface area contributed by atoms with E-state index >= 15 is 0 Å². The van der Waals surface area contributed by atoms with E-state index in [2.05, 4.69) is 22.1 Å².